The number of hydrogen-bond donors (Lipinski definition) is 0. The fraction of sp³-hybridized carbons (Fsp3) is 0.364. The zero-order chi connectivity index (χ0) is 10.6. The average Bonchev–Trinajstić information content (AvgIpc) is 2.14. The normalized spacial score (nSPS) is 11.7. The van der Waals surface area contributed by atoms with Crippen LogP contribution in [0.4, 0.5) is 13.2 Å². The Morgan fingerprint density at radius 3 is 2.43 bits per heavy atom. The summed E-state index contributed by atoms with van der Waals surface area (Å²) in [5.74, 6) is 0. The summed E-state index contributed by atoms with van der Waals surface area (Å²) in [5, 5.41) is 0. The van der Waals surface area contributed by atoms with Crippen molar-refractivity contribution in [3.05, 3.63) is 41.8 Å². The fourth-order valence-electron chi connectivity index (χ4n) is 1.23. The molecule has 14 heavy (non-hydrogen) atoms. The predicted octanol–water partition coefficient (Wildman–Crippen LogP) is 4.06. The Labute approximate surface area is 81.8 Å². The van der Waals surface area contributed by atoms with Gasteiger partial charge in [-0.1, -0.05) is 31.5 Å². The molecule has 0 fully saturated rings. The number of halogens is 3. The van der Waals surface area contributed by atoms with Crippen LogP contribution in [0.15, 0.2) is 24.3 Å². The maximum Gasteiger partial charge on any atom is 0.416 e. The van der Waals surface area contributed by atoms with Crippen molar-refractivity contribution in [2.45, 2.75) is 25.9 Å². The third-order valence-electron chi connectivity index (χ3n) is 1.92. The highest BCUT2D eigenvalue weighted by Crippen LogP contribution is 2.32. The van der Waals surface area contributed by atoms with Crippen LogP contribution in [-0.4, -0.2) is 0 Å². The molecule has 0 unspecified atom stereocenters. The molecule has 0 aliphatic rings. The summed E-state index contributed by atoms with van der Waals surface area (Å²) in [5.41, 5.74) is -0.268. The molecule has 0 N–H and O–H groups in total. The van der Waals surface area contributed by atoms with E-state index >= 15 is 0 Å². The average molecular weight is 201 g/mol. The van der Waals surface area contributed by atoms with Crippen LogP contribution in [0.1, 0.15) is 30.9 Å². The standard InChI is InChI=1S/C11H12F3/c1-2-3-6-9-7-4-5-8-10(9)11(12,13)14/h4-8H,2-3H2,1H3. The molecule has 1 radical (unpaired) electrons. The molecule has 1 aromatic rings. The first-order valence-electron chi connectivity index (χ1n) is 4.55. The lowest BCUT2D eigenvalue weighted by molar-refractivity contribution is -0.137. The van der Waals surface area contributed by atoms with Crippen LogP contribution in [0.2, 0.25) is 0 Å². The van der Waals surface area contributed by atoms with Crippen LogP contribution in [-0.2, 0) is 6.18 Å². The molecule has 0 heterocycles. The van der Waals surface area contributed by atoms with E-state index in [0.717, 1.165) is 12.5 Å². The minimum Gasteiger partial charge on any atom is -0.166 e. The van der Waals surface area contributed by atoms with Gasteiger partial charge in [-0.3, -0.25) is 0 Å². The molecule has 0 bridgehead atoms. The Kier molecular flexibility index (Phi) is 3.55. The van der Waals surface area contributed by atoms with Gasteiger partial charge in [0, 0.05) is 0 Å². The molecule has 0 saturated heterocycles. The molecule has 0 aromatic heterocycles. The number of benzene rings is 1. The first-order valence-corrected chi connectivity index (χ1v) is 4.55. The first kappa shape index (κ1) is 11.1. The monoisotopic (exact) mass is 201 g/mol. The summed E-state index contributed by atoms with van der Waals surface area (Å²) in [4.78, 5) is 0. The fourth-order valence-corrected chi connectivity index (χ4v) is 1.23. The van der Waals surface area contributed by atoms with E-state index in [1.54, 1.807) is 12.5 Å². The van der Waals surface area contributed by atoms with Crippen molar-refractivity contribution in [1.82, 2.24) is 0 Å². The van der Waals surface area contributed by atoms with E-state index in [1.807, 2.05) is 6.92 Å². The lowest BCUT2D eigenvalue weighted by atomic mass is 10.0. The molecule has 0 spiro atoms. The van der Waals surface area contributed by atoms with Crippen LogP contribution in [0.25, 0.3) is 0 Å². The van der Waals surface area contributed by atoms with E-state index in [9.17, 15) is 13.2 Å². The van der Waals surface area contributed by atoms with Crippen molar-refractivity contribution in [2.24, 2.45) is 0 Å². The number of rotatable bonds is 3. The Morgan fingerprint density at radius 2 is 1.86 bits per heavy atom. The summed E-state index contributed by atoms with van der Waals surface area (Å²) < 4.78 is 37.4. The van der Waals surface area contributed by atoms with Crippen molar-refractivity contribution in [1.29, 1.82) is 0 Å². The zero-order valence-corrected chi connectivity index (χ0v) is 7.93. The second kappa shape index (κ2) is 4.49. The summed E-state index contributed by atoms with van der Waals surface area (Å²) in [6.45, 7) is 1.94. The Morgan fingerprint density at radius 1 is 1.21 bits per heavy atom. The summed E-state index contributed by atoms with van der Waals surface area (Å²) in [7, 11) is 0. The highest BCUT2D eigenvalue weighted by Gasteiger charge is 2.32. The van der Waals surface area contributed by atoms with Gasteiger partial charge in [0.2, 0.25) is 0 Å². The molecule has 0 aliphatic carbocycles. The number of hydrogen-bond acceptors (Lipinski definition) is 0. The van der Waals surface area contributed by atoms with Crippen molar-refractivity contribution in [3.8, 4) is 0 Å². The van der Waals surface area contributed by atoms with Gasteiger partial charge < -0.3 is 0 Å². The lowest BCUT2D eigenvalue weighted by Gasteiger charge is -2.11. The third-order valence-corrected chi connectivity index (χ3v) is 1.92. The van der Waals surface area contributed by atoms with Crippen LogP contribution in [0.3, 0.4) is 0 Å². The highest BCUT2D eigenvalue weighted by molar-refractivity contribution is 5.34. The van der Waals surface area contributed by atoms with Gasteiger partial charge in [0.1, 0.15) is 0 Å². The van der Waals surface area contributed by atoms with Gasteiger partial charge in [0.15, 0.2) is 0 Å². The first-order chi connectivity index (χ1) is 6.55. The lowest BCUT2D eigenvalue weighted by Crippen LogP contribution is -2.08. The minimum atomic E-state index is -4.25. The molecule has 0 amide bonds. The quantitative estimate of drug-likeness (QED) is 0.691. The van der Waals surface area contributed by atoms with Crippen LogP contribution in [0, 0.1) is 6.42 Å². The molecule has 3 heteroatoms. The van der Waals surface area contributed by atoms with Crippen molar-refractivity contribution < 1.29 is 13.2 Å². The van der Waals surface area contributed by atoms with Gasteiger partial charge in [0.25, 0.3) is 0 Å². The van der Waals surface area contributed by atoms with Gasteiger partial charge in [-0.2, -0.15) is 13.2 Å². The van der Waals surface area contributed by atoms with Crippen molar-refractivity contribution in [2.75, 3.05) is 0 Å². The van der Waals surface area contributed by atoms with Gasteiger partial charge in [-0.15, -0.1) is 0 Å². The molecule has 0 nitrogen and oxygen atoms in total. The van der Waals surface area contributed by atoms with Crippen LogP contribution in [0.5, 0.6) is 0 Å². The summed E-state index contributed by atoms with van der Waals surface area (Å²) in [6, 6.07) is 5.64. The minimum absolute atomic E-state index is 0.279. The smallest absolute Gasteiger partial charge is 0.166 e. The van der Waals surface area contributed by atoms with E-state index < -0.39 is 11.7 Å². The zero-order valence-electron chi connectivity index (χ0n) is 7.93. The SMILES string of the molecule is CCC[CH]c1ccccc1C(F)(F)F. The maximum absolute atomic E-state index is 12.5. The third kappa shape index (κ3) is 2.76. The second-order valence-corrected chi connectivity index (χ2v) is 3.08. The Balaban J connectivity index is 2.92. The van der Waals surface area contributed by atoms with Crippen LogP contribution < -0.4 is 0 Å². The van der Waals surface area contributed by atoms with Gasteiger partial charge in [0.05, 0.1) is 5.56 Å². The Hall–Kier alpha value is -0.990. The topological polar surface area (TPSA) is 0 Å². The van der Waals surface area contributed by atoms with Crippen molar-refractivity contribution >= 4 is 0 Å². The van der Waals surface area contributed by atoms with Gasteiger partial charge >= 0.3 is 6.18 Å². The van der Waals surface area contributed by atoms with E-state index in [1.165, 1.54) is 12.1 Å². The number of unbranched alkanes of at least 4 members (excludes halogenated alkanes) is 1. The van der Waals surface area contributed by atoms with Crippen molar-refractivity contribution in [3.63, 3.8) is 0 Å². The van der Waals surface area contributed by atoms with Gasteiger partial charge in [-0.05, 0) is 24.5 Å². The molecule has 77 valence electrons. The van der Waals surface area contributed by atoms with E-state index in [4.69, 9.17) is 0 Å². The summed E-state index contributed by atoms with van der Waals surface area (Å²) in [6.07, 6.45) is -1.09. The highest BCUT2D eigenvalue weighted by atomic mass is 19.4. The summed E-state index contributed by atoms with van der Waals surface area (Å²) >= 11 is 0. The molecular formula is C11H12F3. The molecule has 0 aliphatic heterocycles. The van der Waals surface area contributed by atoms with Crippen LogP contribution >= 0.6 is 0 Å². The van der Waals surface area contributed by atoms with E-state index in [0.29, 0.717) is 6.42 Å². The maximum atomic E-state index is 12.5. The Bertz CT molecular complexity index is 289. The molecule has 0 saturated carbocycles. The predicted molar refractivity (Wildman–Crippen MR) is 49.8 cm³/mol. The molecule has 0 atom stereocenters. The van der Waals surface area contributed by atoms with E-state index in [2.05, 4.69) is 0 Å². The number of alkyl halides is 3. The van der Waals surface area contributed by atoms with E-state index in [-0.39, 0.29) is 5.56 Å². The molecule has 1 aromatic carbocycles. The molecular weight excluding hydrogens is 189 g/mol. The second-order valence-electron chi connectivity index (χ2n) is 3.08. The molecule has 1 rings (SSSR count). The van der Waals surface area contributed by atoms with Gasteiger partial charge in [-0.25, -0.2) is 0 Å². The largest absolute Gasteiger partial charge is 0.416 e.